The lowest BCUT2D eigenvalue weighted by molar-refractivity contribution is 0.354. The van der Waals surface area contributed by atoms with Gasteiger partial charge in [0.2, 0.25) is 5.88 Å². The van der Waals surface area contributed by atoms with Gasteiger partial charge in [-0.05, 0) is 38.0 Å². The smallest absolute Gasteiger partial charge is 0.335 e. The maximum Gasteiger partial charge on any atom is 0.335 e. The van der Waals surface area contributed by atoms with Gasteiger partial charge in [0.05, 0.1) is 44.5 Å². The number of methoxy groups -OCH3 is 2. The first kappa shape index (κ1) is 21.3. The van der Waals surface area contributed by atoms with E-state index in [2.05, 4.69) is 10.3 Å². The van der Waals surface area contributed by atoms with Gasteiger partial charge in [-0.3, -0.25) is 9.25 Å². The predicted octanol–water partition coefficient (Wildman–Crippen LogP) is 2.45. The van der Waals surface area contributed by atoms with Crippen molar-refractivity contribution >= 4 is 0 Å². The highest BCUT2D eigenvalue weighted by molar-refractivity contribution is 5.43. The molecule has 0 atom stereocenters. The second-order valence-electron chi connectivity index (χ2n) is 7.44. The number of benzene rings is 1. The molecule has 0 bridgehead atoms. The lowest BCUT2D eigenvalue weighted by atomic mass is 10.1. The van der Waals surface area contributed by atoms with E-state index in [1.54, 1.807) is 25.1 Å². The summed E-state index contributed by atoms with van der Waals surface area (Å²) in [5.41, 5.74) is 2.84. The van der Waals surface area contributed by atoms with Crippen molar-refractivity contribution in [1.82, 2.24) is 24.1 Å². The fourth-order valence-electron chi connectivity index (χ4n) is 3.61. The molecule has 0 saturated carbocycles. The van der Waals surface area contributed by atoms with E-state index in [9.17, 15) is 9.90 Å². The molecule has 0 radical (unpaired) electrons. The molecule has 3 heterocycles. The van der Waals surface area contributed by atoms with Crippen LogP contribution in [0.5, 0.6) is 17.4 Å². The van der Waals surface area contributed by atoms with Crippen LogP contribution in [0.25, 0.3) is 5.69 Å². The summed E-state index contributed by atoms with van der Waals surface area (Å²) >= 11 is 0. The molecule has 0 aliphatic rings. The first-order valence-corrected chi connectivity index (χ1v) is 10.1. The van der Waals surface area contributed by atoms with E-state index in [0.29, 0.717) is 36.7 Å². The van der Waals surface area contributed by atoms with Crippen LogP contribution >= 0.6 is 0 Å². The molecule has 1 N–H and O–H groups in total. The van der Waals surface area contributed by atoms with Crippen LogP contribution in [0, 0.1) is 13.8 Å². The second kappa shape index (κ2) is 8.66. The number of ether oxygens (including phenoxy) is 2. The number of hydrogen-bond donors (Lipinski definition) is 1. The van der Waals surface area contributed by atoms with Crippen LogP contribution in [0.15, 0.2) is 46.1 Å². The van der Waals surface area contributed by atoms with E-state index in [4.69, 9.17) is 14.0 Å². The normalized spacial score (nSPS) is 11.1. The van der Waals surface area contributed by atoms with Crippen LogP contribution in [-0.4, -0.2) is 43.4 Å². The summed E-state index contributed by atoms with van der Waals surface area (Å²) in [4.78, 5) is 12.9. The first-order valence-electron chi connectivity index (χ1n) is 10.1. The Hall–Kier alpha value is -3.95. The largest absolute Gasteiger partial charge is 0.493 e. The van der Waals surface area contributed by atoms with Crippen molar-refractivity contribution in [1.29, 1.82) is 0 Å². The second-order valence-corrected chi connectivity index (χ2v) is 7.44. The van der Waals surface area contributed by atoms with Gasteiger partial charge in [-0.25, -0.2) is 9.36 Å². The molecule has 0 unspecified atom stereocenters. The highest BCUT2D eigenvalue weighted by Crippen LogP contribution is 2.28. The van der Waals surface area contributed by atoms with Gasteiger partial charge in [0.15, 0.2) is 11.5 Å². The van der Waals surface area contributed by atoms with Gasteiger partial charge >= 0.3 is 5.69 Å². The quantitative estimate of drug-likeness (QED) is 0.449. The number of hydrogen-bond acceptors (Lipinski definition) is 7. The summed E-state index contributed by atoms with van der Waals surface area (Å²) in [6.45, 7) is 4.55. The molecule has 0 fully saturated rings. The summed E-state index contributed by atoms with van der Waals surface area (Å²) < 4.78 is 20.1. The zero-order valence-corrected chi connectivity index (χ0v) is 18.4. The number of aryl methyl sites for hydroxylation is 4. The van der Waals surface area contributed by atoms with E-state index in [-0.39, 0.29) is 11.6 Å². The van der Waals surface area contributed by atoms with Crippen molar-refractivity contribution in [2.24, 2.45) is 0 Å². The average Bonchev–Trinajstić information content (AvgIpc) is 3.45. The molecule has 3 aromatic heterocycles. The van der Waals surface area contributed by atoms with E-state index in [0.717, 1.165) is 22.6 Å². The van der Waals surface area contributed by atoms with Gasteiger partial charge in [-0.1, -0.05) is 11.2 Å². The highest BCUT2D eigenvalue weighted by Gasteiger charge is 2.16. The van der Waals surface area contributed by atoms with E-state index in [1.807, 2.05) is 32.0 Å². The molecule has 168 valence electrons. The Bertz CT molecular complexity index is 1280. The summed E-state index contributed by atoms with van der Waals surface area (Å²) in [6.07, 6.45) is 5.24. The van der Waals surface area contributed by atoms with Crippen molar-refractivity contribution in [3.8, 4) is 23.1 Å². The van der Waals surface area contributed by atoms with Crippen molar-refractivity contribution in [3.63, 3.8) is 0 Å². The molecule has 10 heteroatoms. The molecular formula is C22H25N5O5. The number of rotatable bonds is 8. The lowest BCUT2D eigenvalue weighted by Gasteiger charge is -2.09. The summed E-state index contributed by atoms with van der Waals surface area (Å²) in [6, 6.07) is 5.62. The Kier molecular flexibility index (Phi) is 5.76. The molecule has 0 spiro atoms. The Morgan fingerprint density at radius 3 is 2.59 bits per heavy atom. The summed E-state index contributed by atoms with van der Waals surface area (Å²) in [7, 11) is 3.16. The third-order valence-corrected chi connectivity index (χ3v) is 5.41. The maximum atomic E-state index is 12.9. The fourth-order valence-corrected chi connectivity index (χ4v) is 3.61. The maximum absolute atomic E-state index is 12.9. The van der Waals surface area contributed by atoms with Crippen LogP contribution in [0.3, 0.4) is 0 Å². The van der Waals surface area contributed by atoms with Crippen LogP contribution < -0.4 is 15.2 Å². The van der Waals surface area contributed by atoms with Gasteiger partial charge in [0, 0.05) is 18.3 Å². The molecule has 1 aromatic carbocycles. The zero-order chi connectivity index (χ0) is 22.8. The molecule has 4 aromatic rings. The minimum absolute atomic E-state index is 0.154. The molecule has 0 saturated heterocycles. The highest BCUT2D eigenvalue weighted by atomic mass is 16.5. The minimum atomic E-state index is -0.347. The van der Waals surface area contributed by atoms with Crippen LogP contribution in [-0.2, 0) is 19.5 Å². The van der Waals surface area contributed by atoms with Gasteiger partial charge in [0.25, 0.3) is 0 Å². The van der Waals surface area contributed by atoms with E-state index in [1.165, 1.54) is 21.5 Å². The first-order chi connectivity index (χ1) is 15.4. The summed E-state index contributed by atoms with van der Waals surface area (Å²) in [5.74, 6) is 1.84. The standard InChI is InChI=1S/C22H25N5O5/c1-14-18(15(2)32-24-14)12-26-11-17(10-23-26)27-21(28)13-25(22(27)29)8-7-16-5-6-19(30-3)20(9-16)31-4/h5-6,9-11,13,28H,7-8,12H2,1-4H3. The topological polar surface area (TPSA) is 109 Å². The van der Waals surface area contributed by atoms with Crippen molar-refractivity contribution in [2.75, 3.05) is 14.2 Å². The Balaban J connectivity index is 1.53. The molecular weight excluding hydrogens is 414 g/mol. The Morgan fingerprint density at radius 1 is 1.12 bits per heavy atom. The molecule has 0 aliphatic carbocycles. The van der Waals surface area contributed by atoms with Gasteiger partial charge in [0.1, 0.15) is 5.76 Å². The van der Waals surface area contributed by atoms with Crippen molar-refractivity contribution < 1.29 is 19.1 Å². The minimum Gasteiger partial charge on any atom is -0.493 e. The number of aromatic nitrogens is 5. The zero-order valence-electron chi connectivity index (χ0n) is 18.4. The third-order valence-electron chi connectivity index (χ3n) is 5.41. The molecule has 32 heavy (non-hydrogen) atoms. The predicted molar refractivity (Wildman–Crippen MR) is 116 cm³/mol. The number of imidazole rings is 1. The Morgan fingerprint density at radius 2 is 1.91 bits per heavy atom. The Labute approximate surface area is 184 Å². The van der Waals surface area contributed by atoms with Gasteiger partial charge in [-0.2, -0.15) is 5.10 Å². The number of nitrogens with zero attached hydrogens (tertiary/aromatic N) is 5. The third kappa shape index (κ3) is 3.98. The molecule has 10 nitrogen and oxygen atoms in total. The summed E-state index contributed by atoms with van der Waals surface area (Å²) in [5, 5.41) is 18.7. The van der Waals surface area contributed by atoms with Gasteiger partial charge < -0.3 is 19.1 Å². The van der Waals surface area contributed by atoms with E-state index < -0.39 is 0 Å². The number of aromatic hydroxyl groups is 1. The van der Waals surface area contributed by atoms with Crippen molar-refractivity contribution in [2.45, 2.75) is 33.4 Å². The molecule has 0 aliphatic heterocycles. The van der Waals surface area contributed by atoms with Crippen LogP contribution in [0.4, 0.5) is 0 Å². The van der Waals surface area contributed by atoms with E-state index >= 15 is 0 Å². The average molecular weight is 439 g/mol. The fraction of sp³-hybridized carbons (Fsp3) is 0.318. The van der Waals surface area contributed by atoms with Crippen LogP contribution in [0.1, 0.15) is 22.6 Å². The van der Waals surface area contributed by atoms with Gasteiger partial charge in [-0.15, -0.1) is 0 Å². The molecule has 4 rings (SSSR count). The SMILES string of the molecule is COc1ccc(CCn2cc(O)n(-c3cnn(Cc4c(C)noc4C)c3)c2=O)cc1OC. The monoisotopic (exact) mass is 439 g/mol. The molecule has 0 amide bonds. The van der Waals surface area contributed by atoms with Crippen molar-refractivity contribution in [3.05, 3.63) is 69.9 Å². The lowest BCUT2D eigenvalue weighted by Crippen LogP contribution is -2.23. The van der Waals surface area contributed by atoms with Crippen LogP contribution in [0.2, 0.25) is 0 Å².